The number of nitrogens with one attached hydrogen (secondary N) is 1. The Bertz CT molecular complexity index is 264. The Morgan fingerprint density at radius 3 is 2.73 bits per heavy atom. The Morgan fingerprint density at radius 2 is 2.33 bits per heavy atom. The Kier molecular flexibility index (Phi) is 4.26. The molecular weight excluding hydrogens is 214 g/mol. The highest BCUT2D eigenvalue weighted by atomic mass is 32.2. The van der Waals surface area contributed by atoms with E-state index in [4.69, 9.17) is 10.9 Å². The third-order valence-electron chi connectivity index (χ3n) is 2.83. The molecular formula is C9H17N3O2S. The molecule has 0 aromatic heterocycles. The van der Waals surface area contributed by atoms with E-state index in [0.29, 0.717) is 19.4 Å². The zero-order valence-electron chi connectivity index (χ0n) is 8.82. The summed E-state index contributed by atoms with van der Waals surface area (Å²) in [7, 11) is 0. The molecule has 5 nitrogen and oxygen atoms in total. The van der Waals surface area contributed by atoms with Crippen molar-refractivity contribution < 1.29 is 10.0 Å². The molecule has 0 atom stereocenters. The quantitative estimate of drug-likeness (QED) is 0.210. The fourth-order valence-electron chi connectivity index (χ4n) is 1.66. The van der Waals surface area contributed by atoms with Crippen LogP contribution in [0.2, 0.25) is 0 Å². The standard InChI is InChI=1S/C9H17N3O2S/c1-15-6-5-11-8(13)9(3-2-4-9)7(10)12-14/h14H,2-6H2,1H3,(H2,10,12)(H,11,13). The van der Waals surface area contributed by atoms with Crippen LogP contribution in [0.5, 0.6) is 0 Å². The molecule has 0 aromatic rings. The van der Waals surface area contributed by atoms with Crippen LogP contribution in [0.25, 0.3) is 0 Å². The Morgan fingerprint density at radius 1 is 1.67 bits per heavy atom. The van der Waals surface area contributed by atoms with E-state index in [-0.39, 0.29) is 11.7 Å². The van der Waals surface area contributed by atoms with Crippen LogP contribution in [0.4, 0.5) is 0 Å². The van der Waals surface area contributed by atoms with Gasteiger partial charge < -0.3 is 16.3 Å². The first-order valence-electron chi connectivity index (χ1n) is 4.92. The third-order valence-corrected chi connectivity index (χ3v) is 3.44. The summed E-state index contributed by atoms with van der Waals surface area (Å²) in [5.74, 6) is 0.798. The highest BCUT2D eigenvalue weighted by molar-refractivity contribution is 7.98. The number of rotatable bonds is 5. The lowest BCUT2D eigenvalue weighted by molar-refractivity contribution is -0.130. The molecule has 15 heavy (non-hydrogen) atoms. The molecule has 1 saturated carbocycles. The summed E-state index contributed by atoms with van der Waals surface area (Å²) in [5, 5.41) is 14.4. The van der Waals surface area contributed by atoms with Gasteiger partial charge in [0.15, 0.2) is 5.84 Å². The smallest absolute Gasteiger partial charge is 0.233 e. The predicted molar refractivity (Wildman–Crippen MR) is 61.1 cm³/mol. The molecule has 0 unspecified atom stereocenters. The van der Waals surface area contributed by atoms with Crippen molar-refractivity contribution >= 4 is 23.5 Å². The van der Waals surface area contributed by atoms with Crippen molar-refractivity contribution in [2.45, 2.75) is 19.3 Å². The fraction of sp³-hybridized carbons (Fsp3) is 0.778. The van der Waals surface area contributed by atoms with Crippen LogP contribution in [-0.2, 0) is 4.79 Å². The van der Waals surface area contributed by atoms with Gasteiger partial charge in [-0.3, -0.25) is 4.79 Å². The van der Waals surface area contributed by atoms with Crippen LogP contribution < -0.4 is 11.1 Å². The minimum atomic E-state index is -0.743. The average Bonchev–Trinajstić information content (AvgIpc) is 2.16. The van der Waals surface area contributed by atoms with Crippen LogP contribution >= 0.6 is 11.8 Å². The number of hydrogen-bond acceptors (Lipinski definition) is 4. The maximum absolute atomic E-state index is 11.8. The lowest BCUT2D eigenvalue weighted by atomic mass is 9.67. The van der Waals surface area contributed by atoms with Gasteiger partial charge in [-0.25, -0.2) is 0 Å². The Balaban J connectivity index is 2.55. The van der Waals surface area contributed by atoms with Crippen molar-refractivity contribution in [3.8, 4) is 0 Å². The molecule has 86 valence electrons. The SMILES string of the molecule is CSCCNC(=O)C1(C(N)=NO)CCC1. The lowest BCUT2D eigenvalue weighted by Gasteiger charge is -2.38. The van der Waals surface area contributed by atoms with Crippen molar-refractivity contribution in [2.24, 2.45) is 16.3 Å². The molecule has 0 bridgehead atoms. The summed E-state index contributed by atoms with van der Waals surface area (Å²) in [5.41, 5.74) is 4.81. The van der Waals surface area contributed by atoms with Gasteiger partial charge in [0.1, 0.15) is 5.41 Å². The molecule has 0 radical (unpaired) electrons. The van der Waals surface area contributed by atoms with Gasteiger partial charge in [-0.2, -0.15) is 11.8 Å². The molecule has 0 spiro atoms. The number of nitrogens with two attached hydrogens (primary N) is 1. The number of amides is 1. The van der Waals surface area contributed by atoms with Crippen LogP contribution in [0.1, 0.15) is 19.3 Å². The molecule has 1 aliphatic carbocycles. The van der Waals surface area contributed by atoms with Crippen molar-refractivity contribution in [3.63, 3.8) is 0 Å². The van der Waals surface area contributed by atoms with Gasteiger partial charge in [-0.15, -0.1) is 0 Å². The minimum absolute atomic E-state index is 0.0374. The molecule has 1 fully saturated rings. The Hall–Kier alpha value is -0.910. The molecule has 0 heterocycles. The first-order chi connectivity index (χ1) is 7.17. The van der Waals surface area contributed by atoms with Gasteiger partial charge in [-0.05, 0) is 19.1 Å². The molecule has 1 rings (SSSR count). The second kappa shape index (κ2) is 5.25. The van der Waals surface area contributed by atoms with E-state index in [2.05, 4.69) is 10.5 Å². The number of thioether (sulfide) groups is 1. The monoisotopic (exact) mass is 231 g/mol. The van der Waals surface area contributed by atoms with Crippen LogP contribution in [0, 0.1) is 5.41 Å². The van der Waals surface area contributed by atoms with Crippen molar-refractivity contribution in [3.05, 3.63) is 0 Å². The molecule has 1 amide bonds. The van der Waals surface area contributed by atoms with Crippen LogP contribution in [0.15, 0.2) is 5.16 Å². The van der Waals surface area contributed by atoms with Gasteiger partial charge in [0.25, 0.3) is 0 Å². The number of carbonyl (C=O) groups excluding carboxylic acids is 1. The molecule has 0 saturated heterocycles. The average molecular weight is 231 g/mol. The van der Waals surface area contributed by atoms with Crippen molar-refractivity contribution in [1.29, 1.82) is 0 Å². The summed E-state index contributed by atoms with van der Waals surface area (Å²) in [6.45, 7) is 0.625. The Labute approximate surface area is 93.5 Å². The number of amidine groups is 1. The molecule has 4 N–H and O–H groups in total. The largest absolute Gasteiger partial charge is 0.409 e. The number of carbonyl (C=O) groups is 1. The summed E-state index contributed by atoms with van der Waals surface area (Å²) >= 11 is 1.67. The van der Waals surface area contributed by atoms with E-state index in [1.54, 1.807) is 11.8 Å². The maximum atomic E-state index is 11.8. The fourth-order valence-corrected chi connectivity index (χ4v) is 1.97. The van der Waals surface area contributed by atoms with Gasteiger partial charge >= 0.3 is 0 Å². The first kappa shape index (κ1) is 12.2. The van der Waals surface area contributed by atoms with E-state index in [1.807, 2.05) is 6.26 Å². The highest BCUT2D eigenvalue weighted by Crippen LogP contribution is 2.41. The highest BCUT2D eigenvalue weighted by Gasteiger charge is 2.48. The van der Waals surface area contributed by atoms with E-state index >= 15 is 0 Å². The lowest BCUT2D eigenvalue weighted by Crippen LogP contribution is -2.54. The second-order valence-electron chi connectivity index (χ2n) is 3.67. The maximum Gasteiger partial charge on any atom is 0.233 e. The topological polar surface area (TPSA) is 87.7 Å². The van der Waals surface area contributed by atoms with Gasteiger partial charge in [0.2, 0.25) is 5.91 Å². The third kappa shape index (κ3) is 2.37. The summed E-state index contributed by atoms with van der Waals surface area (Å²) in [4.78, 5) is 11.8. The molecule has 6 heteroatoms. The summed E-state index contributed by atoms with van der Waals surface area (Å²) < 4.78 is 0. The zero-order valence-corrected chi connectivity index (χ0v) is 9.64. The van der Waals surface area contributed by atoms with Crippen LogP contribution in [-0.4, -0.2) is 35.5 Å². The van der Waals surface area contributed by atoms with Gasteiger partial charge in [0, 0.05) is 12.3 Å². The van der Waals surface area contributed by atoms with Crippen molar-refractivity contribution in [2.75, 3.05) is 18.6 Å². The molecule has 1 aliphatic rings. The summed E-state index contributed by atoms with van der Waals surface area (Å²) in [6.07, 6.45) is 4.28. The normalized spacial score (nSPS) is 19.4. The van der Waals surface area contributed by atoms with Gasteiger partial charge in [0.05, 0.1) is 0 Å². The van der Waals surface area contributed by atoms with E-state index < -0.39 is 5.41 Å². The summed E-state index contributed by atoms with van der Waals surface area (Å²) in [6, 6.07) is 0. The van der Waals surface area contributed by atoms with E-state index in [9.17, 15) is 4.79 Å². The molecule has 0 aromatic carbocycles. The minimum Gasteiger partial charge on any atom is -0.409 e. The number of nitrogens with zero attached hydrogens (tertiary/aromatic N) is 1. The second-order valence-corrected chi connectivity index (χ2v) is 4.66. The van der Waals surface area contributed by atoms with Crippen LogP contribution in [0.3, 0.4) is 0 Å². The van der Waals surface area contributed by atoms with E-state index in [1.165, 1.54) is 0 Å². The number of oxime groups is 1. The first-order valence-corrected chi connectivity index (χ1v) is 6.32. The predicted octanol–water partition coefficient (Wildman–Crippen LogP) is 0.382. The number of hydrogen-bond donors (Lipinski definition) is 3. The zero-order chi connectivity index (χ0) is 11.3. The van der Waals surface area contributed by atoms with Gasteiger partial charge in [-0.1, -0.05) is 11.6 Å². The van der Waals surface area contributed by atoms with Crippen molar-refractivity contribution in [1.82, 2.24) is 5.32 Å². The van der Waals surface area contributed by atoms with E-state index in [0.717, 1.165) is 12.2 Å². The molecule has 0 aliphatic heterocycles.